The maximum absolute atomic E-state index is 12.2. The molecule has 3 rings (SSSR count). The number of pyridine rings is 1. The molecule has 6 nitrogen and oxygen atoms in total. The van der Waals surface area contributed by atoms with Crippen molar-refractivity contribution in [1.29, 1.82) is 0 Å². The summed E-state index contributed by atoms with van der Waals surface area (Å²) in [6, 6.07) is 5.36. The van der Waals surface area contributed by atoms with Gasteiger partial charge in [-0.2, -0.15) is 0 Å². The molecule has 0 saturated carbocycles. The van der Waals surface area contributed by atoms with Gasteiger partial charge in [-0.1, -0.05) is 17.6 Å². The molecule has 0 aliphatic carbocycles. The lowest BCUT2D eigenvalue weighted by atomic mass is 10.1. The van der Waals surface area contributed by atoms with Gasteiger partial charge in [0.1, 0.15) is 5.25 Å². The highest BCUT2D eigenvalue weighted by Crippen LogP contribution is 2.40. The van der Waals surface area contributed by atoms with Crippen LogP contribution in [0.5, 0.6) is 0 Å². The van der Waals surface area contributed by atoms with Crippen molar-refractivity contribution in [2.45, 2.75) is 24.5 Å². The predicted octanol–water partition coefficient (Wildman–Crippen LogP) is 1.96. The Bertz CT molecular complexity index is 710. The number of nitrogen functional groups attached to an aromatic ring is 1. The van der Waals surface area contributed by atoms with Gasteiger partial charge < -0.3 is 10.3 Å². The van der Waals surface area contributed by atoms with Gasteiger partial charge >= 0.3 is 0 Å². The summed E-state index contributed by atoms with van der Waals surface area (Å²) in [6.07, 6.45) is 3.71. The van der Waals surface area contributed by atoms with Crippen molar-refractivity contribution in [3.05, 3.63) is 30.2 Å². The highest BCUT2D eigenvalue weighted by Gasteiger charge is 2.36. The average molecular weight is 293 g/mol. The Morgan fingerprint density at radius 1 is 1.30 bits per heavy atom. The van der Waals surface area contributed by atoms with E-state index < -0.39 is 15.1 Å². The molecule has 0 amide bonds. The Morgan fingerprint density at radius 3 is 2.85 bits per heavy atom. The molecule has 0 aromatic carbocycles. The molecule has 0 bridgehead atoms. The molecule has 3 heterocycles. The summed E-state index contributed by atoms with van der Waals surface area (Å²) >= 11 is 0. The highest BCUT2D eigenvalue weighted by atomic mass is 32.2. The monoisotopic (exact) mass is 293 g/mol. The molecule has 7 heteroatoms. The summed E-state index contributed by atoms with van der Waals surface area (Å²) in [5.74, 6) is 0.681. The molecule has 0 radical (unpaired) electrons. The lowest BCUT2D eigenvalue weighted by Gasteiger charge is -2.20. The number of sulfone groups is 1. The van der Waals surface area contributed by atoms with E-state index >= 15 is 0 Å². The zero-order valence-corrected chi connectivity index (χ0v) is 11.6. The summed E-state index contributed by atoms with van der Waals surface area (Å²) in [7, 11) is -3.21. The average Bonchev–Trinajstić information content (AvgIpc) is 2.81. The van der Waals surface area contributed by atoms with E-state index in [1.807, 2.05) is 6.07 Å². The quantitative estimate of drug-likeness (QED) is 0.908. The summed E-state index contributed by atoms with van der Waals surface area (Å²) in [4.78, 5) is 4.21. The van der Waals surface area contributed by atoms with Gasteiger partial charge in [0.15, 0.2) is 21.4 Å². The van der Waals surface area contributed by atoms with Crippen LogP contribution in [0.3, 0.4) is 0 Å². The van der Waals surface area contributed by atoms with Crippen molar-refractivity contribution in [3.63, 3.8) is 0 Å². The second-order valence-corrected chi connectivity index (χ2v) is 7.18. The van der Waals surface area contributed by atoms with E-state index in [-0.39, 0.29) is 11.6 Å². The van der Waals surface area contributed by atoms with Crippen molar-refractivity contribution in [2.24, 2.45) is 0 Å². The molecule has 1 aliphatic rings. The maximum atomic E-state index is 12.2. The lowest BCUT2D eigenvalue weighted by molar-refractivity contribution is 0.372. The second kappa shape index (κ2) is 4.90. The Balaban J connectivity index is 2.12. The van der Waals surface area contributed by atoms with Gasteiger partial charge in [-0.15, -0.1) is 0 Å². The van der Waals surface area contributed by atoms with E-state index in [1.54, 1.807) is 18.3 Å². The summed E-state index contributed by atoms with van der Waals surface area (Å²) < 4.78 is 29.7. The fraction of sp³-hybridized carbons (Fsp3) is 0.385. The zero-order valence-electron chi connectivity index (χ0n) is 10.8. The fourth-order valence-corrected chi connectivity index (χ4v) is 4.46. The minimum Gasteiger partial charge on any atom is -0.380 e. The Hall–Kier alpha value is -1.89. The van der Waals surface area contributed by atoms with Gasteiger partial charge in [0, 0.05) is 6.20 Å². The third kappa shape index (κ3) is 2.18. The van der Waals surface area contributed by atoms with Crippen LogP contribution in [-0.4, -0.2) is 24.3 Å². The Kier molecular flexibility index (Phi) is 3.21. The molecule has 0 spiro atoms. The van der Waals surface area contributed by atoms with Crippen LogP contribution in [0.15, 0.2) is 28.9 Å². The maximum Gasteiger partial charge on any atom is 0.176 e. The topological polar surface area (TPSA) is 99.1 Å². The first-order chi connectivity index (χ1) is 9.59. The Labute approximate surface area is 116 Å². The van der Waals surface area contributed by atoms with E-state index in [2.05, 4.69) is 10.1 Å². The highest BCUT2D eigenvalue weighted by molar-refractivity contribution is 7.91. The molecule has 1 aliphatic heterocycles. The van der Waals surface area contributed by atoms with Gasteiger partial charge in [-0.05, 0) is 25.0 Å². The number of hydrogen-bond donors (Lipinski definition) is 1. The van der Waals surface area contributed by atoms with Crippen molar-refractivity contribution in [2.75, 3.05) is 11.5 Å². The minimum absolute atomic E-state index is 0.180. The van der Waals surface area contributed by atoms with Crippen LogP contribution in [0.25, 0.3) is 11.3 Å². The van der Waals surface area contributed by atoms with Gasteiger partial charge in [-0.3, -0.25) is 4.98 Å². The fourth-order valence-electron chi connectivity index (χ4n) is 2.55. The third-order valence-electron chi connectivity index (χ3n) is 3.54. The number of nitrogens with zero attached hydrogens (tertiary/aromatic N) is 2. The molecule has 20 heavy (non-hydrogen) atoms. The normalized spacial score (nSPS) is 21.7. The van der Waals surface area contributed by atoms with Gasteiger partial charge in [-0.25, -0.2) is 8.42 Å². The molecule has 2 aromatic heterocycles. The summed E-state index contributed by atoms with van der Waals surface area (Å²) in [5, 5.41) is 3.06. The second-order valence-electron chi connectivity index (χ2n) is 4.87. The number of hydrogen-bond acceptors (Lipinski definition) is 6. The van der Waals surface area contributed by atoms with Crippen LogP contribution >= 0.6 is 0 Å². The Morgan fingerprint density at radius 2 is 2.15 bits per heavy atom. The molecule has 1 fully saturated rings. The van der Waals surface area contributed by atoms with Crippen molar-refractivity contribution >= 4 is 15.7 Å². The van der Waals surface area contributed by atoms with Crippen LogP contribution in [0.4, 0.5) is 5.82 Å². The molecule has 1 atom stereocenters. The van der Waals surface area contributed by atoms with E-state index in [0.717, 1.165) is 6.42 Å². The molecular weight excluding hydrogens is 278 g/mol. The van der Waals surface area contributed by atoms with Gasteiger partial charge in [0.25, 0.3) is 0 Å². The SMILES string of the molecule is Nc1noc(C2CCCCS2(=O)=O)c1-c1ccccn1. The minimum atomic E-state index is -3.21. The lowest BCUT2D eigenvalue weighted by Crippen LogP contribution is -2.21. The number of rotatable bonds is 2. The molecule has 1 saturated heterocycles. The number of aromatic nitrogens is 2. The molecule has 2 N–H and O–H groups in total. The first-order valence-corrected chi connectivity index (χ1v) is 8.19. The number of anilines is 1. The van der Waals surface area contributed by atoms with Crippen molar-refractivity contribution < 1.29 is 12.9 Å². The van der Waals surface area contributed by atoms with Crippen molar-refractivity contribution in [3.8, 4) is 11.3 Å². The van der Waals surface area contributed by atoms with Crippen LogP contribution in [0, 0.1) is 0 Å². The molecule has 106 valence electrons. The summed E-state index contributed by atoms with van der Waals surface area (Å²) in [5.41, 5.74) is 6.92. The van der Waals surface area contributed by atoms with Gasteiger partial charge in [0.2, 0.25) is 0 Å². The first-order valence-electron chi connectivity index (χ1n) is 6.47. The largest absolute Gasteiger partial charge is 0.380 e. The van der Waals surface area contributed by atoms with Crippen LogP contribution in [0.1, 0.15) is 30.3 Å². The molecular formula is C13H15N3O3S. The number of nitrogens with two attached hydrogens (primary N) is 1. The van der Waals surface area contributed by atoms with Crippen LogP contribution in [0.2, 0.25) is 0 Å². The van der Waals surface area contributed by atoms with E-state index in [1.165, 1.54) is 0 Å². The standard InChI is InChI=1S/C13H15N3O3S/c14-13-11(9-5-1-3-7-15-9)12(19-16-13)10-6-2-4-8-20(10,17)18/h1,3,5,7,10H,2,4,6,8H2,(H2,14,16). The predicted molar refractivity (Wildman–Crippen MR) is 74.5 cm³/mol. The van der Waals surface area contributed by atoms with E-state index in [4.69, 9.17) is 10.3 Å². The van der Waals surface area contributed by atoms with Crippen LogP contribution < -0.4 is 5.73 Å². The van der Waals surface area contributed by atoms with E-state index in [9.17, 15) is 8.42 Å². The van der Waals surface area contributed by atoms with Gasteiger partial charge in [0.05, 0.1) is 17.0 Å². The third-order valence-corrected chi connectivity index (χ3v) is 5.71. The van der Waals surface area contributed by atoms with Crippen LogP contribution in [-0.2, 0) is 9.84 Å². The first kappa shape index (κ1) is 13.1. The van der Waals surface area contributed by atoms with E-state index in [0.29, 0.717) is 29.9 Å². The molecule has 1 unspecified atom stereocenters. The summed E-state index contributed by atoms with van der Waals surface area (Å²) in [6.45, 7) is 0. The smallest absolute Gasteiger partial charge is 0.176 e. The van der Waals surface area contributed by atoms with Crippen molar-refractivity contribution in [1.82, 2.24) is 10.1 Å². The molecule has 2 aromatic rings. The zero-order chi connectivity index (χ0) is 14.2.